The second kappa shape index (κ2) is 4.40. The molecule has 4 N–H and O–H groups in total. The molecule has 1 aliphatic rings. The third-order valence-corrected chi connectivity index (χ3v) is 2.73. The van der Waals surface area contributed by atoms with Crippen molar-refractivity contribution in [2.24, 2.45) is 5.73 Å². The quantitative estimate of drug-likeness (QED) is 0.587. The number of nitrogens with zero attached hydrogens (tertiary/aromatic N) is 3. The van der Waals surface area contributed by atoms with Crippen LogP contribution in [0.15, 0.2) is 6.33 Å². The Hall–Kier alpha value is -1.51. The van der Waals surface area contributed by atoms with E-state index in [1.165, 1.54) is 11.0 Å². The van der Waals surface area contributed by atoms with Crippen molar-refractivity contribution in [3.8, 4) is 0 Å². The lowest BCUT2D eigenvalue weighted by Crippen LogP contribution is -2.31. The van der Waals surface area contributed by atoms with Crippen molar-refractivity contribution < 1.29 is 19.7 Å². The van der Waals surface area contributed by atoms with Crippen molar-refractivity contribution in [2.45, 2.75) is 37.9 Å². The van der Waals surface area contributed by atoms with E-state index in [2.05, 4.69) is 10.1 Å². The number of aliphatic hydroxyl groups excluding tert-OH is 2. The minimum absolute atomic E-state index is 0.157. The van der Waals surface area contributed by atoms with Gasteiger partial charge in [0.2, 0.25) is 5.82 Å². The van der Waals surface area contributed by atoms with Gasteiger partial charge in [0.1, 0.15) is 18.5 Å². The molecule has 2 heterocycles. The Kier molecular flexibility index (Phi) is 3.09. The molecular weight excluding hydrogens is 228 g/mol. The second-order valence-electron chi connectivity index (χ2n) is 3.87. The molecule has 1 amide bonds. The highest BCUT2D eigenvalue weighted by Crippen LogP contribution is 2.29. The summed E-state index contributed by atoms with van der Waals surface area (Å²) in [4.78, 5) is 14.5. The van der Waals surface area contributed by atoms with Gasteiger partial charge in [0.25, 0.3) is 5.91 Å². The average molecular weight is 242 g/mol. The number of aliphatic hydroxyl groups is 2. The summed E-state index contributed by atoms with van der Waals surface area (Å²) in [7, 11) is 0. The van der Waals surface area contributed by atoms with Crippen molar-refractivity contribution in [3.63, 3.8) is 0 Å². The SMILES string of the molecule is CC[C@H]1O[C@@H](n2cnc(C(N)=O)n2)[C@H](O)[C@@H]1O. The van der Waals surface area contributed by atoms with Crippen LogP contribution in [0.25, 0.3) is 0 Å². The van der Waals surface area contributed by atoms with Gasteiger partial charge in [-0.1, -0.05) is 6.92 Å². The number of carbonyl (C=O) groups excluding carboxylic acids is 1. The van der Waals surface area contributed by atoms with E-state index in [-0.39, 0.29) is 5.82 Å². The van der Waals surface area contributed by atoms with Gasteiger partial charge in [-0.25, -0.2) is 9.67 Å². The Morgan fingerprint density at radius 1 is 1.59 bits per heavy atom. The van der Waals surface area contributed by atoms with Gasteiger partial charge in [0, 0.05) is 0 Å². The first-order valence-corrected chi connectivity index (χ1v) is 5.27. The summed E-state index contributed by atoms with van der Waals surface area (Å²) in [6.45, 7) is 1.83. The molecule has 0 aromatic carbocycles. The molecule has 0 saturated carbocycles. The molecule has 94 valence electrons. The summed E-state index contributed by atoms with van der Waals surface area (Å²) in [6, 6.07) is 0. The molecule has 8 nitrogen and oxygen atoms in total. The van der Waals surface area contributed by atoms with Crippen LogP contribution in [0.5, 0.6) is 0 Å². The number of carbonyl (C=O) groups is 1. The van der Waals surface area contributed by atoms with Crippen LogP contribution >= 0.6 is 0 Å². The van der Waals surface area contributed by atoms with Crippen LogP contribution in [0, 0.1) is 0 Å². The molecule has 17 heavy (non-hydrogen) atoms. The summed E-state index contributed by atoms with van der Waals surface area (Å²) in [5.74, 6) is -0.918. The molecule has 1 aliphatic heterocycles. The maximum Gasteiger partial charge on any atom is 0.288 e. The number of amides is 1. The van der Waals surface area contributed by atoms with Crippen LogP contribution in [0.1, 0.15) is 30.2 Å². The fourth-order valence-corrected chi connectivity index (χ4v) is 1.80. The summed E-state index contributed by atoms with van der Waals surface area (Å²) < 4.78 is 6.61. The van der Waals surface area contributed by atoms with Crippen LogP contribution in [0.4, 0.5) is 0 Å². The normalized spacial score (nSPS) is 32.9. The van der Waals surface area contributed by atoms with Crippen molar-refractivity contribution in [1.82, 2.24) is 14.8 Å². The van der Waals surface area contributed by atoms with E-state index < -0.39 is 30.4 Å². The van der Waals surface area contributed by atoms with E-state index in [1.54, 1.807) is 0 Å². The van der Waals surface area contributed by atoms with Gasteiger partial charge >= 0.3 is 0 Å². The van der Waals surface area contributed by atoms with Crippen LogP contribution in [0.3, 0.4) is 0 Å². The molecule has 4 atom stereocenters. The van der Waals surface area contributed by atoms with E-state index >= 15 is 0 Å². The van der Waals surface area contributed by atoms with Crippen LogP contribution in [-0.4, -0.2) is 49.2 Å². The fraction of sp³-hybridized carbons (Fsp3) is 0.667. The maximum absolute atomic E-state index is 10.8. The molecule has 0 radical (unpaired) electrons. The lowest BCUT2D eigenvalue weighted by Gasteiger charge is -2.13. The minimum atomic E-state index is -1.11. The Labute approximate surface area is 97.0 Å². The number of rotatable bonds is 3. The summed E-state index contributed by atoms with van der Waals surface area (Å²) >= 11 is 0. The predicted octanol–water partition coefficient (Wildman–Crippen LogP) is -1.59. The van der Waals surface area contributed by atoms with Gasteiger partial charge in [0.15, 0.2) is 6.23 Å². The average Bonchev–Trinajstić information content (AvgIpc) is 2.87. The molecule has 1 aromatic rings. The first-order valence-electron chi connectivity index (χ1n) is 5.27. The Morgan fingerprint density at radius 2 is 2.29 bits per heavy atom. The highest BCUT2D eigenvalue weighted by atomic mass is 16.6. The van der Waals surface area contributed by atoms with Crippen LogP contribution in [0.2, 0.25) is 0 Å². The van der Waals surface area contributed by atoms with E-state index in [0.29, 0.717) is 6.42 Å². The second-order valence-corrected chi connectivity index (χ2v) is 3.87. The van der Waals surface area contributed by atoms with Gasteiger partial charge in [-0.05, 0) is 6.42 Å². The fourth-order valence-electron chi connectivity index (χ4n) is 1.80. The standard InChI is InChI=1S/C9H14N4O4/c1-2-4-5(14)6(15)9(17-4)13-3-11-8(12-13)7(10)16/h3-6,9,14-15H,2H2,1H3,(H2,10,16)/t4-,5-,6-,9-/m1/s1. The zero-order valence-corrected chi connectivity index (χ0v) is 9.22. The summed E-state index contributed by atoms with van der Waals surface area (Å²) in [5.41, 5.74) is 5.01. The number of hydrogen-bond acceptors (Lipinski definition) is 6. The third kappa shape index (κ3) is 2.02. The molecule has 2 rings (SSSR count). The van der Waals surface area contributed by atoms with E-state index in [1.807, 2.05) is 6.92 Å². The Balaban J connectivity index is 2.19. The number of ether oxygens (including phenoxy) is 1. The van der Waals surface area contributed by atoms with Gasteiger partial charge in [-0.2, -0.15) is 0 Å². The molecule has 0 aliphatic carbocycles. The van der Waals surface area contributed by atoms with Gasteiger partial charge in [-0.3, -0.25) is 4.79 Å². The van der Waals surface area contributed by atoms with Crippen molar-refractivity contribution >= 4 is 5.91 Å². The lowest BCUT2D eigenvalue weighted by atomic mass is 10.1. The highest BCUT2D eigenvalue weighted by molar-refractivity contribution is 5.88. The molecule has 1 aromatic heterocycles. The molecule has 0 unspecified atom stereocenters. The number of hydrogen-bond donors (Lipinski definition) is 3. The van der Waals surface area contributed by atoms with Gasteiger partial charge < -0.3 is 20.7 Å². The van der Waals surface area contributed by atoms with E-state index in [0.717, 1.165) is 0 Å². The minimum Gasteiger partial charge on any atom is -0.388 e. The third-order valence-electron chi connectivity index (χ3n) is 2.73. The lowest BCUT2D eigenvalue weighted by molar-refractivity contribution is -0.0451. The number of aromatic nitrogens is 3. The Bertz CT molecular complexity index is 421. The molecule has 1 saturated heterocycles. The molecule has 1 fully saturated rings. The van der Waals surface area contributed by atoms with Crippen molar-refractivity contribution in [3.05, 3.63) is 12.2 Å². The smallest absolute Gasteiger partial charge is 0.288 e. The van der Waals surface area contributed by atoms with Gasteiger partial charge in [-0.15, -0.1) is 5.10 Å². The van der Waals surface area contributed by atoms with E-state index in [4.69, 9.17) is 10.5 Å². The maximum atomic E-state index is 10.8. The topological polar surface area (TPSA) is 123 Å². The Morgan fingerprint density at radius 3 is 2.76 bits per heavy atom. The van der Waals surface area contributed by atoms with Crippen LogP contribution in [-0.2, 0) is 4.74 Å². The number of primary amides is 1. The largest absolute Gasteiger partial charge is 0.388 e. The van der Waals surface area contributed by atoms with Crippen molar-refractivity contribution in [1.29, 1.82) is 0 Å². The highest BCUT2D eigenvalue weighted by Gasteiger charge is 2.43. The van der Waals surface area contributed by atoms with E-state index in [9.17, 15) is 15.0 Å². The van der Waals surface area contributed by atoms with Crippen molar-refractivity contribution in [2.75, 3.05) is 0 Å². The zero-order valence-electron chi connectivity index (χ0n) is 9.22. The molecular formula is C9H14N4O4. The molecule has 8 heteroatoms. The van der Waals surface area contributed by atoms with Gasteiger partial charge in [0.05, 0.1) is 6.10 Å². The monoisotopic (exact) mass is 242 g/mol. The first kappa shape index (κ1) is 12.0. The summed E-state index contributed by atoms with van der Waals surface area (Å²) in [6.07, 6.45) is -1.61. The molecule has 0 spiro atoms. The summed E-state index contributed by atoms with van der Waals surface area (Å²) in [5, 5.41) is 23.2. The van der Waals surface area contributed by atoms with Crippen LogP contribution < -0.4 is 5.73 Å². The first-order chi connectivity index (χ1) is 8.04. The zero-order chi connectivity index (χ0) is 12.6. The predicted molar refractivity (Wildman–Crippen MR) is 54.8 cm³/mol. The molecule has 0 bridgehead atoms. The number of nitrogens with two attached hydrogens (primary N) is 1.